The van der Waals surface area contributed by atoms with E-state index in [1.807, 2.05) is 0 Å². The van der Waals surface area contributed by atoms with Gasteiger partial charge in [0.05, 0.1) is 0 Å². The first-order valence-corrected chi connectivity index (χ1v) is 11.1. The van der Waals surface area contributed by atoms with Crippen molar-refractivity contribution in [1.29, 1.82) is 0 Å². The smallest absolute Gasteiger partial charge is 0.318 e. The lowest BCUT2D eigenvalue weighted by molar-refractivity contribution is -0.158. The Morgan fingerprint density at radius 2 is 1.76 bits per heavy atom. The van der Waals surface area contributed by atoms with Crippen molar-refractivity contribution >= 4 is 11.9 Å². The summed E-state index contributed by atoms with van der Waals surface area (Å²) in [4.78, 5) is 23.5. The number of carboxylic acid groups (broad SMARTS) is 2. The van der Waals surface area contributed by atoms with Gasteiger partial charge in [0.15, 0.2) is 5.92 Å². The monoisotopic (exact) mass is 400 g/mol. The van der Waals surface area contributed by atoms with Crippen LogP contribution in [0.5, 0.6) is 0 Å². The van der Waals surface area contributed by atoms with Gasteiger partial charge in [-0.2, -0.15) is 0 Å². The molecule has 0 unspecified atom stereocenters. The maximum absolute atomic E-state index is 11.8. The fourth-order valence-electron chi connectivity index (χ4n) is 6.14. The summed E-state index contributed by atoms with van der Waals surface area (Å²) in [5.41, 5.74) is 4.22. The van der Waals surface area contributed by atoms with Crippen LogP contribution in [0.3, 0.4) is 0 Å². The van der Waals surface area contributed by atoms with Crippen molar-refractivity contribution in [2.75, 3.05) is 0 Å². The first-order chi connectivity index (χ1) is 13.6. The van der Waals surface area contributed by atoms with Crippen molar-refractivity contribution in [1.82, 2.24) is 0 Å². The van der Waals surface area contributed by atoms with E-state index < -0.39 is 17.9 Å². The standard InChI is InChI=1S/C25H36O4/c1-15-5-8-18-16(2)6-9-19(18)17(3)7-10-21-20(22(23(26)27)24(28)29)12-14-25(21,4)13-11-15/h7-8,11,16,19-22H,5-6,9-10,12-14H2,1-4H3,(H,26,27)(H,28,29)/b15-11+,17-7-,18-8+/t16-,19-,20+,21+,25+/m0/s1. The summed E-state index contributed by atoms with van der Waals surface area (Å²) in [6.45, 7) is 8.94. The number of hydrogen-bond donors (Lipinski definition) is 2. The molecule has 0 aromatic rings. The number of aliphatic carboxylic acids is 2. The van der Waals surface area contributed by atoms with Gasteiger partial charge in [-0.25, -0.2) is 0 Å². The highest BCUT2D eigenvalue weighted by Gasteiger charge is 2.50. The molecule has 29 heavy (non-hydrogen) atoms. The second kappa shape index (κ2) is 8.49. The highest BCUT2D eigenvalue weighted by atomic mass is 16.4. The predicted molar refractivity (Wildman–Crippen MR) is 114 cm³/mol. The van der Waals surface area contributed by atoms with Crippen LogP contribution in [0.15, 0.2) is 34.9 Å². The molecule has 2 saturated carbocycles. The predicted octanol–water partition coefficient (Wildman–Crippen LogP) is 5.85. The van der Waals surface area contributed by atoms with E-state index in [4.69, 9.17) is 0 Å². The minimum absolute atomic E-state index is 0.0550. The molecule has 0 aromatic heterocycles. The van der Waals surface area contributed by atoms with Crippen molar-refractivity contribution in [2.45, 2.75) is 72.6 Å². The molecule has 0 aliphatic heterocycles. The molecule has 160 valence electrons. The third-order valence-corrected chi connectivity index (χ3v) is 8.10. The summed E-state index contributed by atoms with van der Waals surface area (Å²) in [5, 5.41) is 19.2. The second-order valence-electron chi connectivity index (χ2n) is 9.99. The Balaban J connectivity index is 1.99. The van der Waals surface area contributed by atoms with Crippen LogP contribution in [0.2, 0.25) is 0 Å². The van der Waals surface area contributed by atoms with Crippen molar-refractivity contribution in [3.63, 3.8) is 0 Å². The van der Waals surface area contributed by atoms with Crippen molar-refractivity contribution in [3.05, 3.63) is 34.9 Å². The van der Waals surface area contributed by atoms with E-state index in [9.17, 15) is 19.8 Å². The first kappa shape index (κ1) is 21.9. The van der Waals surface area contributed by atoms with Gasteiger partial charge in [-0.1, -0.05) is 48.8 Å². The number of carboxylic acids is 2. The molecule has 4 nitrogen and oxygen atoms in total. The molecule has 0 amide bonds. The lowest BCUT2D eigenvalue weighted by Crippen LogP contribution is -2.36. The van der Waals surface area contributed by atoms with E-state index in [1.54, 1.807) is 5.57 Å². The quantitative estimate of drug-likeness (QED) is 0.460. The Bertz CT molecular complexity index is 745. The molecule has 2 fully saturated rings. The van der Waals surface area contributed by atoms with Gasteiger partial charge in [-0.3, -0.25) is 9.59 Å². The molecule has 3 rings (SSSR count). The van der Waals surface area contributed by atoms with Gasteiger partial charge >= 0.3 is 11.9 Å². The molecule has 0 heterocycles. The summed E-state index contributed by atoms with van der Waals surface area (Å²) < 4.78 is 0. The topological polar surface area (TPSA) is 74.6 Å². The van der Waals surface area contributed by atoms with Crippen LogP contribution in [0.4, 0.5) is 0 Å². The van der Waals surface area contributed by atoms with E-state index in [2.05, 4.69) is 45.9 Å². The number of rotatable bonds is 3. The highest BCUT2D eigenvalue weighted by molar-refractivity contribution is 5.93. The molecule has 5 atom stereocenters. The third kappa shape index (κ3) is 4.36. The molecule has 2 N–H and O–H groups in total. The lowest BCUT2D eigenvalue weighted by Gasteiger charge is -2.35. The number of allylic oxidation sites excluding steroid dienone is 6. The number of carbonyl (C=O) groups is 2. The SMILES string of the molecule is C/C1=C/C[C@@H]2[C@H](C(C(=O)O)C(=O)O)CC[C@@]2(C)C/C=C(\C)C/C=C2\[C@@H](C)CC[C@@H]12. The second-order valence-corrected chi connectivity index (χ2v) is 9.99. The van der Waals surface area contributed by atoms with Crippen molar-refractivity contribution in [3.8, 4) is 0 Å². The Hall–Kier alpha value is -1.84. The van der Waals surface area contributed by atoms with Gasteiger partial charge in [-0.05, 0) is 82.0 Å². The van der Waals surface area contributed by atoms with Crippen LogP contribution in [0.25, 0.3) is 0 Å². The van der Waals surface area contributed by atoms with Gasteiger partial charge < -0.3 is 10.2 Å². The van der Waals surface area contributed by atoms with Crippen LogP contribution in [-0.4, -0.2) is 22.2 Å². The van der Waals surface area contributed by atoms with E-state index in [0.29, 0.717) is 18.3 Å². The normalized spacial score (nSPS) is 40.9. The Morgan fingerprint density at radius 1 is 1.07 bits per heavy atom. The largest absolute Gasteiger partial charge is 0.481 e. The van der Waals surface area contributed by atoms with Gasteiger partial charge in [0, 0.05) is 5.92 Å². The maximum atomic E-state index is 11.8. The molecular weight excluding hydrogens is 364 g/mol. The van der Waals surface area contributed by atoms with E-state index in [0.717, 1.165) is 25.7 Å². The average Bonchev–Trinajstić information content (AvgIpc) is 3.16. The molecule has 0 bridgehead atoms. The van der Waals surface area contributed by atoms with Crippen molar-refractivity contribution in [2.24, 2.45) is 35.0 Å². The summed E-state index contributed by atoms with van der Waals surface area (Å²) in [6.07, 6.45) is 13.6. The van der Waals surface area contributed by atoms with Gasteiger partial charge in [0.2, 0.25) is 0 Å². The number of fused-ring (bicyclic) bond motifs is 2. The summed E-state index contributed by atoms with van der Waals surface area (Å²) in [5.74, 6) is -2.83. The lowest BCUT2D eigenvalue weighted by atomic mass is 9.69. The average molecular weight is 401 g/mol. The van der Waals surface area contributed by atoms with Crippen LogP contribution < -0.4 is 0 Å². The van der Waals surface area contributed by atoms with Crippen LogP contribution >= 0.6 is 0 Å². The molecule has 0 spiro atoms. The van der Waals surface area contributed by atoms with Crippen LogP contribution in [-0.2, 0) is 9.59 Å². The summed E-state index contributed by atoms with van der Waals surface area (Å²) >= 11 is 0. The van der Waals surface area contributed by atoms with E-state index >= 15 is 0 Å². The highest BCUT2D eigenvalue weighted by Crippen LogP contribution is 2.54. The Labute approximate surface area is 174 Å². The van der Waals surface area contributed by atoms with Gasteiger partial charge in [0.25, 0.3) is 0 Å². The summed E-state index contributed by atoms with van der Waals surface area (Å²) in [6, 6.07) is 0. The fourth-order valence-corrected chi connectivity index (χ4v) is 6.14. The third-order valence-electron chi connectivity index (χ3n) is 8.10. The maximum Gasteiger partial charge on any atom is 0.318 e. The Kier molecular flexibility index (Phi) is 6.40. The van der Waals surface area contributed by atoms with E-state index in [-0.39, 0.29) is 17.3 Å². The molecular formula is C25H36O4. The van der Waals surface area contributed by atoms with Crippen LogP contribution in [0.1, 0.15) is 72.6 Å². The molecule has 0 radical (unpaired) electrons. The molecule has 0 saturated heterocycles. The molecule has 3 aliphatic rings. The first-order valence-electron chi connectivity index (χ1n) is 11.1. The minimum atomic E-state index is -1.31. The molecule has 0 aromatic carbocycles. The van der Waals surface area contributed by atoms with Crippen molar-refractivity contribution < 1.29 is 19.8 Å². The zero-order valence-corrected chi connectivity index (χ0v) is 18.3. The fraction of sp³-hybridized carbons (Fsp3) is 0.680. The molecule has 3 aliphatic carbocycles. The van der Waals surface area contributed by atoms with Crippen LogP contribution in [0, 0.1) is 35.0 Å². The van der Waals surface area contributed by atoms with Gasteiger partial charge in [-0.15, -0.1) is 0 Å². The van der Waals surface area contributed by atoms with Gasteiger partial charge in [0.1, 0.15) is 0 Å². The van der Waals surface area contributed by atoms with E-state index in [1.165, 1.54) is 24.0 Å². The summed E-state index contributed by atoms with van der Waals surface area (Å²) in [7, 11) is 0. The minimum Gasteiger partial charge on any atom is -0.481 e. The zero-order chi connectivity index (χ0) is 21.3. The number of hydrogen-bond acceptors (Lipinski definition) is 2. The zero-order valence-electron chi connectivity index (χ0n) is 18.3. The molecule has 4 heteroatoms. The Morgan fingerprint density at radius 3 is 2.41 bits per heavy atom.